The number of fused-ring (bicyclic) bond motifs is 1. The number of carbonyl (C=O) groups excluding carboxylic acids is 2. The summed E-state index contributed by atoms with van der Waals surface area (Å²) in [5, 5.41) is 6.33. The van der Waals surface area contributed by atoms with Crippen molar-refractivity contribution in [2.45, 2.75) is 18.9 Å². The summed E-state index contributed by atoms with van der Waals surface area (Å²) in [6, 6.07) is 16.9. The van der Waals surface area contributed by atoms with Crippen LogP contribution in [0.25, 0.3) is 21.3 Å². The largest absolute Gasteiger partial charge is 0.349 e. The van der Waals surface area contributed by atoms with E-state index in [0.717, 1.165) is 34.2 Å². The monoisotopic (exact) mass is 414 g/mol. The van der Waals surface area contributed by atoms with Crippen LogP contribution < -0.4 is 10.6 Å². The maximum atomic E-state index is 12.6. The van der Waals surface area contributed by atoms with Crippen LogP contribution in [-0.2, 0) is 0 Å². The number of nitrogens with one attached hydrogen (secondary N) is 2. The van der Waals surface area contributed by atoms with Gasteiger partial charge in [0.25, 0.3) is 11.8 Å². The molecular formula is C23H18N4O2S. The molecule has 4 aromatic rings. The Balaban J connectivity index is 1.31. The lowest BCUT2D eigenvalue weighted by molar-refractivity contribution is 0.0949. The van der Waals surface area contributed by atoms with Crippen LogP contribution in [0.1, 0.15) is 33.6 Å². The third-order valence-electron chi connectivity index (χ3n) is 4.94. The molecule has 2 aromatic carbocycles. The van der Waals surface area contributed by atoms with Gasteiger partial charge in [-0.15, -0.1) is 0 Å². The fraction of sp³-hybridized carbons (Fsp3) is 0.130. The minimum Gasteiger partial charge on any atom is -0.349 e. The lowest BCUT2D eigenvalue weighted by atomic mass is 10.1. The lowest BCUT2D eigenvalue weighted by Crippen LogP contribution is -2.25. The summed E-state index contributed by atoms with van der Waals surface area (Å²) in [5.74, 6) is -0.349. The Morgan fingerprint density at radius 3 is 2.27 bits per heavy atom. The summed E-state index contributed by atoms with van der Waals surface area (Å²) in [6.45, 7) is 0. The first-order valence-corrected chi connectivity index (χ1v) is 10.5. The van der Waals surface area contributed by atoms with Crippen molar-refractivity contribution in [3.05, 3.63) is 78.1 Å². The molecular weight excluding hydrogens is 396 g/mol. The van der Waals surface area contributed by atoms with Gasteiger partial charge in [-0.05, 0) is 72.5 Å². The Morgan fingerprint density at radius 1 is 0.867 bits per heavy atom. The summed E-state index contributed by atoms with van der Waals surface area (Å²) < 4.78 is 0.992. The molecule has 148 valence electrons. The van der Waals surface area contributed by atoms with Gasteiger partial charge in [0.2, 0.25) is 0 Å². The zero-order valence-electron chi connectivity index (χ0n) is 16.0. The predicted octanol–water partition coefficient (Wildman–Crippen LogP) is 4.50. The fourth-order valence-electron chi connectivity index (χ4n) is 3.14. The molecule has 0 atom stereocenters. The molecule has 2 amide bonds. The third-order valence-corrected chi connectivity index (χ3v) is 5.88. The highest BCUT2D eigenvalue weighted by Gasteiger charge is 2.23. The van der Waals surface area contributed by atoms with E-state index in [4.69, 9.17) is 0 Å². The Bertz CT molecular complexity index is 1230. The van der Waals surface area contributed by atoms with Gasteiger partial charge in [0.1, 0.15) is 0 Å². The van der Waals surface area contributed by atoms with E-state index in [2.05, 4.69) is 26.7 Å². The van der Waals surface area contributed by atoms with Gasteiger partial charge in [-0.1, -0.05) is 17.4 Å². The van der Waals surface area contributed by atoms with Gasteiger partial charge in [-0.25, -0.2) is 4.98 Å². The molecule has 0 unspecified atom stereocenters. The van der Waals surface area contributed by atoms with Crippen LogP contribution in [0.5, 0.6) is 0 Å². The summed E-state index contributed by atoms with van der Waals surface area (Å²) in [5.41, 5.74) is 4.03. The van der Waals surface area contributed by atoms with Crippen molar-refractivity contribution in [1.82, 2.24) is 15.3 Å². The number of anilines is 1. The molecule has 30 heavy (non-hydrogen) atoms. The number of hydrogen-bond donors (Lipinski definition) is 2. The van der Waals surface area contributed by atoms with Gasteiger partial charge >= 0.3 is 0 Å². The third kappa shape index (κ3) is 3.92. The second kappa shape index (κ2) is 7.68. The molecule has 0 spiro atoms. The molecule has 0 bridgehead atoms. The zero-order valence-corrected chi connectivity index (χ0v) is 16.8. The molecule has 1 saturated carbocycles. The number of thiazole rings is 1. The topological polar surface area (TPSA) is 84.0 Å². The van der Waals surface area contributed by atoms with Crippen LogP contribution in [0.4, 0.5) is 5.13 Å². The van der Waals surface area contributed by atoms with Crippen molar-refractivity contribution in [2.24, 2.45) is 0 Å². The van der Waals surface area contributed by atoms with Gasteiger partial charge in [0.05, 0.1) is 10.2 Å². The van der Waals surface area contributed by atoms with Crippen LogP contribution in [0.2, 0.25) is 0 Å². The maximum Gasteiger partial charge on any atom is 0.257 e. The molecule has 1 aliphatic carbocycles. The fourth-order valence-corrected chi connectivity index (χ4v) is 4.04. The van der Waals surface area contributed by atoms with E-state index in [1.165, 1.54) is 11.3 Å². The number of benzene rings is 2. The second-order valence-electron chi connectivity index (χ2n) is 7.22. The van der Waals surface area contributed by atoms with Crippen LogP contribution in [-0.4, -0.2) is 27.8 Å². The molecule has 0 radical (unpaired) electrons. The molecule has 7 heteroatoms. The van der Waals surface area contributed by atoms with Gasteiger partial charge in [-0.3, -0.25) is 19.9 Å². The molecule has 0 saturated heterocycles. The first-order valence-electron chi connectivity index (χ1n) is 9.69. The standard InChI is InChI=1S/C23H18N4O2S/c28-21(25-18-6-7-18)15-1-3-16(4-2-15)22(29)27-23-26-19-8-5-17(13-20(19)30-23)14-9-11-24-12-10-14/h1-5,8-13,18H,6-7H2,(H,25,28)(H,26,27,29). The summed E-state index contributed by atoms with van der Waals surface area (Å²) >= 11 is 1.43. The van der Waals surface area contributed by atoms with Crippen molar-refractivity contribution in [3.63, 3.8) is 0 Å². The van der Waals surface area contributed by atoms with E-state index in [0.29, 0.717) is 22.3 Å². The summed E-state index contributed by atoms with van der Waals surface area (Å²) in [7, 11) is 0. The van der Waals surface area contributed by atoms with E-state index in [1.807, 2.05) is 24.3 Å². The lowest BCUT2D eigenvalue weighted by Gasteiger charge is -2.05. The minimum absolute atomic E-state index is 0.0966. The molecule has 1 aliphatic rings. The maximum absolute atomic E-state index is 12.6. The SMILES string of the molecule is O=C(Nc1nc2ccc(-c3ccncc3)cc2s1)c1ccc(C(=O)NC2CC2)cc1. The smallest absolute Gasteiger partial charge is 0.257 e. The van der Waals surface area contributed by atoms with Gasteiger partial charge in [-0.2, -0.15) is 0 Å². The Kier molecular flexibility index (Phi) is 4.72. The van der Waals surface area contributed by atoms with E-state index in [1.54, 1.807) is 36.7 Å². The van der Waals surface area contributed by atoms with Crippen LogP contribution in [0, 0.1) is 0 Å². The second-order valence-corrected chi connectivity index (χ2v) is 8.25. The quantitative estimate of drug-likeness (QED) is 0.504. The molecule has 6 nitrogen and oxygen atoms in total. The first-order chi connectivity index (χ1) is 14.7. The summed E-state index contributed by atoms with van der Waals surface area (Å²) in [4.78, 5) is 33.2. The number of aromatic nitrogens is 2. The number of amides is 2. The molecule has 5 rings (SSSR count). The van der Waals surface area contributed by atoms with Crippen LogP contribution in [0.15, 0.2) is 67.0 Å². The number of hydrogen-bond acceptors (Lipinski definition) is 5. The Morgan fingerprint density at radius 2 is 1.57 bits per heavy atom. The molecule has 2 aromatic heterocycles. The van der Waals surface area contributed by atoms with E-state index < -0.39 is 0 Å². The van der Waals surface area contributed by atoms with Crippen molar-refractivity contribution in [1.29, 1.82) is 0 Å². The number of rotatable bonds is 5. The Hall–Kier alpha value is -3.58. The number of pyridine rings is 1. The molecule has 0 aliphatic heterocycles. The van der Waals surface area contributed by atoms with E-state index in [9.17, 15) is 9.59 Å². The van der Waals surface area contributed by atoms with Crippen LogP contribution in [0.3, 0.4) is 0 Å². The normalized spacial score (nSPS) is 13.2. The molecule has 1 fully saturated rings. The predicted molar refractivity (Wildman–Crippen MR) is 118 cm³/mol. The van der Waals surface area contributed by atoms with Crippen molar-refractivity contribution < 1.29 is 9.59 Å². The highest BCUT2D eigenvalue weighted by atomic mass is 32.1. The zero-order chi connectivity index (χ0) is 20.5. The average molecular weight is 414 g/mol. The molecule has 2 heterocycles. The van der Waals surface area contributed by atoms with Gasteiger partial charge in [0, 0.05) is 29.6 Å². The highest BCUT2D eigenvalue weighted by molar-refractivity contribution is 7.22. The van der Waals surface area contributed by atoms with Crippen molar-refractivity contribution >= 4 is 38.5 Å². The number of nitrogens with zero attached hydrogens (tertiary/aromatic N) is 2. The number of carbonyl (C=O) groups is 2. The minimum atomic E-state index is -0.252. The average Bonchev–Trinajstić information content (AvgIpc) is 3.50. The first kappa shape index (κ1) is 18.4. The van der Waals surface area contributed by atoms with Gasteiger partial charge < -0.3 is 5.32 Å². The molecule has 2 N–H and O–H groups in total. The van der Waals surface area contributed by atoms with E-state index in [-0.39, 0.29) is 11.8 Å². The van der Waals surface area contributed by atoms with Crippen molar-refractivity contribution in [2.75, 3.05) is 5.32 Å². The van der Waals surface area contributed by atoms with E-state index >= 15 is 0 Å². The van der Waals surface area contributed by atoms with Crippen LogP contribution >= 0.6 is 11.3 Å². The van der Waals surface area contributed by atoms with Gasteiger partial charge in [0.15, 0.2) is 5.13 Å². The highest BCUT2D eigenvalue weighted by Crippen LogP contribution is 2.30. The summed E-state index contributed by atoms with van der Waals surface area (Å²) in [6.07, 6.45) is 5.61. The van der Waals surface area contributed by atoms with Crippen molar-refractivity contribution in [3.8, 4) is 11.1 Å². The Labute approximate surface area is 177 Å².